The van der Waals surface area contributed by atoms with Gasteiger partial charge in [0.2, 0.25) is 5.91 Å². The van der Waals surface area contributed by atoms with Crippen molar-refractivity contribution < 1.29 is 9.53 Å². The number of methoxy groups -OCH3 is 1. The summed E-state index contributed by atoms with van der Waals surface area (Å²) in [6.07, 6.45) is 2.20. The first-order chi connectivity index (χ1) is 9.47. The molecule has 0 radical (unpaired) electrons. The van der Waals surface area contributed by atoms with E-state index in [0.717, 1.165) is 24.2 Å². The van der Waals surface area contributed by atoms with Gasteiger partial charge in [0.05, 0.1) is 12.5 Å². The summed E-state index contributed by atoms with van der Waals surface area (Å²) in [5.41, 5.74) is 6.37. The van der Waals surface area contributed by atoms with Crippen molar-refractivity contribution in [3.63, 3.8) is 0 Å². The first kappa shape index (κ1) is 14.9. The average molecular weight is 276 g/mol. The summed E-state index contributed by atoms with van der Waals surface area (Å²) in [6, 6.07) is 8.27. The smallest absolute Gasteiger partial charge is 0.230 e. The highest BCUT2D eigenvalue weighted by Gasteiger charge is 2.38. The quantitative estimate of drug-likeness (QED) is 0.866. The minimum Gasteiger partial charge on any atom is -0.497 e. The molecule has 1 fully saturated rings. The Balaban J connectivity index is 2.11. The van der Waals surface area contributed by atoms with E-state index in [9.17, 15) is 4.79 Å². The van der Waals surface area contributed by atoms with E-state index in [4.69, 9.17) is 10.5 Å². The average Bonchev–Trinajstić information content (AvgIpc) is 3.29. The molecule has 0 spiro atoms. The SMILES string of the molecule is COc1ccc(CN(C(=O)C(C)(C)CN)C2CC2)cc1. The van der Waals surface area contributed by atoms with Crippen LogP contribution >= 0.6 is 0 Å². The fraction of sp³-hybridized carbons (Fsp3) is 0.562. The maximum absolute atomic E-state index is 12.6. The van der Waals surface area contributed by atoms with Crippen LogP contribution in [0.25, 0.3) is 0 Å². The molecule has 20 heavy (non-hydrogen) atoms. The van der Waals surface area contributed by atoms with Crippen molar-refractivity contribution in [2.24, 2.45) is 11.1 Å². The number of nitrogens with zero attached hydrogens (tertiary/aromatic N) is 1. The predicted molar refractivity (Wildman–Crippen MR) is 79.4 cm³/mol. The molecule has 2 rings (SSSR count). The monoisotopic (exact) mass is 276 g/mol. The minimum absolute atomic E-state index is 0.151. The Morgan fingerprint density at radius 3 is 2.40 bits per heavy atom. The van der Waals surface area contributed by atoms with Crippen LogP contribution in [0.3, 0.4) is 0 Å². The molecule has 1 amide bonds. The van der Waals surface area contributed by atoms with Gasteiger partial charge in [0.15, 0.2) is 0 Å². The first-order valence-electron chi connectivity index (χ1n) is 7.12. The van der Waals surface area contributed by atoms with Gasteiger partial charge in [-0.1, -0.05) is 12.1 Å². The lowest BCUT2D eigenvalue weighted by Gasteiger charge is -2.31. The van der Waals surface area contributed by atoms with Gasteiger partial charge in [0.25, 0.3) is 0 Å². The number of carbonyl (C=O) groups excluding carboxylic acids is 1. The molecule has 4 nitrogen and oxygen atoms in total. The lowest BCUT2D eigenvalue weighted by atomic mass is 9.91. The molecule has 0 atom stereocenters. The zero-order chi connectivity index (χ0) is 14.8. The molecule has 4 heteroatoms. The van der Waals surface area contributed by atoms with Gasteiger partial charge in [0, 0.05) is 19.1 Å². The van der Waals surface area contributed by atoms with E-state index in [2.05, 4.69) is 0 Å². The standard InChI is InChI=1S/C16H24N2O2/c1-16(2,11-17)15(19)18(13-6-7-13)10-12-4-8-14(20-3)9-5-12/h4-5,8-9,13H,6-7,10-11,17H2,1-3H3. The van der Waals surface area contributed by atoms with E-state index < -0.39 is 5.41 Å². The number of carbonyl (C=O) groups is 1. The van der Waals surface area contributed by atoms with Crippen molar-refractivity contribution in [2.75, 3.05) is 13.7 Å². The Morgan fingerprint density at radius 2 is 1.95 bits per heavy atom. The van der Waals surface area contributed by atoms with Crippen LogP contribution in [0, 0.1) is 5.41 Å². The van der Waals surface area contributed by atoms with Gasteiger partial charge in [-0.05, 0) is 44.4 Å². The molecular weight excluding hydrogens is 252 g/mol. The first-order valence-corrected chi connectivity index (χ1v) is 7.12. The van der Waals surface area contributed by atoms with Crippen molar-refractivity contribution in [1.29, 1.82) is 0 Å². The van der Waals surface area contributed by atoms with Crippen LogP contribution in [0.1, 0.15) is 32.3 Å². The summed E-state index contributed by atoms with van der Waals surface area (Å²) in [7, 11) is 1.65. The van der Waals surface area contributed by atoms with Gasteiger partial charge in [-0.3, -0.25) is 4.79 Å². The number of rotatable bonds is 6. The number of nitrogens with two attached hydrogens (primary N) is 1. The van der Waals surface area contributed by atoms with Crippen LogP contribution in [-0.2, 0) is 11.3 Å². The largest absolute Gasteiger partial charge is 0.497 e. The second-order valence-electron chi connectivity index (χ2n) is 6.10. The molecule has 0 saturated heterocycles. The van der Waals surface area contributed by atoms with Crippen molar-refractivity contribution in [1.82, 2.24) is 4.90 Å². The highest BCUT2D eigenvalue weighted by molar-refractivity contribution is 5.82. The third-order valence-electron chi connectivity index (χ3n) is 3.85. The molecular formula is C16H24N2O2. The fourth-order valence-electron chi connectivity index (χ4n) is 2.16. The number of hydrogen-bond acceptors (Lipinski definition) is 3. The Labute approximate surface area is 120 Å². The van der Waals surface area contributed by atoms with Crippen LogP contribution in [0.15, 0.2) is 24.3 Å². The van der Waals surface area contributed by atoms with Crippen LogP contribution in [0.4, 0.5) is 0 Å². The number of benzene rings is 1. The molecule has 2 N–H and O–H groups in total. The maximum Gasteiger partial charge on any atom is 0.230 e. The molecule has 0 unspecified atom stereocenters. The lowest BCUT2D eigenvalue weighted by Crippen LogP contribution is -2.45. The molecule has 0 aromatic heterocycles. The third kappa shape index (κ3) is 3.31. The van der Waals surface area contributed by atoms with Crippen LogP contribution in [0.2, 0.25) is 0 Å². The zero-order valence-electron chi connectivity index (χ0n) is 12.6. The van der Waals surface area contributed by atoms with Gasteiger partial charge in [0.1, 0.15) is 5.75 Å². The summed E-state index contributed by atoms with van der Waals surface area (Å²) in [4.78, 5) is 14.6. The van der Waals surface area contributed by atoms with Gasteiger partial charge in [-0.25, -0.2) is 0 Å². The van der Waals surface area contributed by atoms with Gasteiger partial charge in [-0.2, -0.15) is 0 Å². The Morgan fingerprint density at radius 1 is 1.35 bits per heavy atom. The summed E-state index contributed by atoms with van der Waals surface area (Å²) in [6.45, 7) is 4.85. The van der Waals surface area contributed by atoms with E-state index in [1.165, 1.54) is 0 Å². The Hall–Kier alpha value is -1.55. The number of ether oxygens (including phenoxy) is 1. The van der Waals surface area contributed by atoms with E-state index >= 15 is 0 Å². The third-order valence-corrected chi connectivity index (χ3v) is 3.85. The normalized spacial score (nSPS) is 15.0. The lowest BCUT2D eigenvalue weighted by molar-refractivity contribution is -0.141. The molecule has 1 aliphatic rings. The van der Waals surface area contributed by atoms with E-state index in [0.29, 0.717) is 19.1 Å². The number of hydrogen-bond donors (Lipinski definition) is 1. The molecule has 0 heterocycles. The second-order valence-corrected chi connectivity index (χ2v) is 6.10. The van der Waals surface area contributed by atoms with Gasteiger partial charge < -0.3 is 15.4 Å². The van der Waals surface area contributed by atoms with Crippen molar-refractivity contribution in [3.05, 3.63) is 29.8 Å². The summed E-state index contributed by atoms with van der Waals surface area (Å²) < 4.78 is 5.16. The molecule has 0 bridgehead atoms. The molecule has 110 valence electrons. The molecule has 1 saturated carbocycles. The molecule has 1 aromatic rings. The summed E-state index contributed by atoms with van der Waals surface area (Å²) in [5.74, 6) is 0.985. The highest BCUT2D eigenvalue weighted by atomic mass is 16.5. The van der Waals surface area contributed by atoms with E-state index in [1.54, 1.807) is 7.11 Å². The summed E-state index contributed by atoms with van der Waals surface area (Å²) >= 11 is 0. The van der Waals surface area contributed by atoms with Crippen LogP contribution in [-0.4, -0.2) is 30.5 Å². The molecule has 0 aliphatic heterocycles. The molecule has 1 aromatic carbocycles. The maximum atomic E-state index is 12.6. The number of amides is 1. The summed E-state index contributed by atoms with van der Waals surface area (Å²) in [5, 5.41) is 0. The predicted octanol–water partition coefficient (Wildman–Crippen LogP) is 2.17. The minimum atomic E-state index is -0.491. The van der Waals surface area contributed by atoms with Crippen molar-refractivity contribution in [3.8, 4) is 5.75 Å². The van der Waals surface area contributed by atoms with E-state index in [1.807, 2.05) is 43.0 Å². The van der Waals surface area contributed by atoms with Gasteiger partial charge >= 0.3 is 0 Å². The fourth-order valence-corrected chi connectivity index (χ4v) is 2.16. The van der Waals surface area contributed by atoms with Crippen molar-refractivity contribution >= 4 is 5.91 Å². The Bertz CT molecular complexity index is 464. The topological polar surface area (TPSA) is 55.6 Å². The molecule has 1 aliphatic carbocycles. The van der Waals surface area contributed by atoms with Gasteiger partial charge in [-0.15, -0.1) is 0 Å². The van der Waals surface area contributed by atoms with E-state index in [-0.39, 0.29) is 5.91 Å². The van der Waals surface area contributed by atoms with Crippen LogP contribution in [0.5, 0.6) is 5.75 Å². The second kappa shape index (κ2) is 5.83. The van der Waals surface area contributed by atoms with Crippen molar-refractivity contribution in [2.45, 2.75) is 39.3 Å². The highest BCUT2D eigenvalue weighted by Crippen LogP contribution is 2.32. The zero-order valence-corrected chi connectivity index (χ0v) is 12.6. The Kier molecular flexibility index (Phi) is 4.33. The van der Waals surface area contributed by atoms with Crippen LogP contribution < -0.4 is 10.5 Å².